The fraction of sp³-hybridized carbons (Fsp3) is 0.551. The standard InChI is InChI=1S/C24H35N5O5S2.C15H18BrN3O3S2.C9H18N2O2.CH4/c1-16(30)26-17-8-9-18(20(14-17)36(32,33)27-23(2,3)4)19-15-25-21(35-19)28-10-12-29(13-11-28)22(31)34-24(5,6)7;1-9(20)18-10-5-6-11(12-8-17-14(16)23-12)13(7-10)24(21,22)19-15(2,3)4;1-9(2,3)13-8(12)11-6-4-10-5-7-11;/h8-9,14-15,27H,10-13H2,1-7H3,(H,26,30);5-8,19H,1-4H3,(H,18,20);10H,4-7H2,1-3H3;1H4. The van der Waals surface area contributed by atoms with Crippen LogP contribution in [0, 0.1) is 0 Å². The molecule has 25 heteroatoms. The smallest absolute Gasteiger partial charge is 0.410 e. The Labute approximate surface area is 454 Å². The monoisotopic (exact) mass is 1170 g/mol. The Kier molecular flexibility index (Phi) is 22.2. The number of nitrogens with zero attached hydrogens (tertiary/aromatic N) is 5. The maximum Gasteiger partial charge on any atom is 0.410 e. The molecule has 412 valence electrons. The van der Waals surface area contributed by atoms with Gasteiger partial charge in [-0.15, -0.1) is 11.3 Å². The summed E-state index contributed by atoms with van der Waals surface area (Å²) in [6, 6.07) is 9.61. The molecule has 2 aliphatic heterocycles. The first kappa shape index (κ1) is 63.5. The van der Waals surface area contributed by atoms with Crippen LogP contribution in [-0.2, 0) is 39.1 Å². The van der Waals surface area contributed by atoms with E-state index in [1.807, 2.05) is 41.5 Å². The van der Waals surface area contributed by atoms with Gasteiger partial charge in [0.25, 0.3) is 0 Å². The van der Waals surface area contributed by atoms with Crippen molar-refractivity contribution in [3.63, 3.8) is 0 Å². The summed E-state index contributed by atoms with van der Waals surface area (Å²) in [6.45, 7) is 29.9. The number of hydrogen-bond donors (Lipinski definition) is 5. The molecular formula is C49H75BrN10O10S4. The number of ether oxygens (including phenoxy) is 2. The van der Waals surface area contributed by atoms with Crippen LogP contribution in [0.15, 0.2) is 62.5 Å². The van der Waals surface area contributed by atoms with Crippen LogP contribution in [0.3, 0.4) is 0 Å². The zero-order chi connectivity index (χ0) is 54.9. The number of carbonyl (C=O) groups excluding carboxylic acids is 4. The van der Waals surface area contributed by atoms with Crippen LogP contribution >= 0.6 is 38.6 Å². The molecule has 0 atom stereocenters. The number of thiazole rings is 2. The van der Waals surface area contributed by atoms with Crippen molar-refractivity contribution in [3.8, 4) is 20.9 Å². The van der Waals surface area contributed by atoms with Crippen LogP contribution in [0.5, 0.6) is 0 Å². The molecule has 74 heavy (non-hydrogen) atoms. The molecule has 20 nitrogen and oxygen atoms in total. The van der Waals surface area contributed by atoms with Crippen molar-refractivity contribution in [2.75, 3.05) is 67.9 Å². The number of amides is 4. The predicted molar refractivity (Wildman–Crippen MR) is 299 cm³/mol. The van der Waals surface area contributed by atoms with Crippen molar-refractivity contribution in [2.24, 2.45) is 0 Å². The van der Waals surface area contributed by atoms with E-state index in [1.54, 1.807) is 88.0 Å². The molecule has 4 amide bonds. The van der Waals surface area contributed by atoms with Crippen molar-refractivity contribution >= 4 is 99.2 Å². The molecule has 2 aliphatic rings. The Morgan fingerprint density at radius 2 is 1.00 bits per heavy atom. The Morgan fingerprint density at radius 1 is 0.608 bits per heavy atom. The van der Waals surface area contributed by atoms with Gasteiger partial charge in [0.15, 0.2) is 9.05 Å². The van der Waals surface area contributed by atoms with Crippen molar-refractivity contribution in [1.29, 1.82) is 0 Å². The summed E-state index contributed by atoms with van der Waals surface area (Å²) >= 11 is 6.00. The maximum absolute atomic E-state index is 13.3. The number of nitrogens with one attached hydrogen (secondary N) is 5. The molecule has 0 saturated carbocycles. The Hall–Kier alpha value is -4.76. The fourth-order valence-corrected chi connectivity index (χ4v) is 12.6. The molecule has 6 rings (SSSR count). The summed E-state index contributed by atoms with van der Waals surface area (Å²) in [5.41, 5.74) is -0.412. The van der Waals surface area contributed by atoms with Crippen molar-refractivity contribution in [2.45, 2.75) is 136 Å². The number of rotatable bonds is 9. The first-order valence-electron chi connectivity index (χ1n) is 23.4. The summed E-state index contributed by atoms with van der Waals surface area (Å²) in [6.07, 6.45) is 2.73. The lowest BCUT2D eigenvalue weighted by Gasteiger charge is -2.35. The summed E-state index contributed by atoms with van der Waals surface area (Å²) in [7, 11) is -7.68. The van der Waals surface area contributed by atoms with Crippen LogP contribution in [0.2, 0.25) is 0 Å². The van der Waals surface area contributed by atoms with Gasteiger partial charge in [-0.1, -0.05) is 30.9 Å². The van der Waals surface area contributed by atoms with E-state index >= 15 is 0 Å². The van der Waals surface area contributed by atoms with Crippen LogP contribution in [0.4, 0.5) is 26.1 Å². The topological polar surface area (TPSA) is 251 Å². The van der Waals surface area contributed by atoms with Crippen molar-refractivity contribution < 1.29 is 45.5 Å². The number of halogens is 1. The van der Waals surface area contributed by atoms with Gasteiger partial charge < -0.3 is 40.1 Å². The second-order valence-corrected chi connectivity index (χ2v) is 27.8. The lowest BCUT2D eigenvalue weighted by atomic mass is 10.1. The summed E-state index contributed by atoms with van der Waals surface area (Å²) in [5, 5.41) is 9.19. The zero-order valence-corrected chi connectivity index (χ0v) is 49.0. The van der Waals surface area contributed by atoms with E-state index in [9.17, 15) is 36.0 Å². The molecule has 2 saturated heterocycles. The van der Waals surface area contributed by atoms with Gasteiger partial charge in [-0.05, 0) is 123 Å². The average molecular weight is 1170 g/mol. The van der Waals surface area contributed by atoms with Crippen molar-refractivity contribution in [3.05, 3.63) is 52.7 Å². The van der Waals surface area contributed by atoms with E-state index in [4.69, 9.17) is 9.47 Å². The molecule has 0 bridgehead atoms. The first-order valence-corrected chi connectivity index (χ1v) is 28.8. The van der Waals surface area contributed by atoms with E-state index in [0.29, 0.717) is 62.4 Å². The molecule has 5 N–H and O–H groups in total. The molecule has 0 radical (unpaired) electrons. The number of sulfonamides is 2. The summed E-state index contributed by atoms with van der Waals surface area (Å²) < 4.78 is 68.9. The minimum absolute atomic E-state index is 0. The zero-order valence-electron chi connectivity index (χ0n) is 44.1. The third-order valence-corrected chi connectivity index (χ3v) is 15.7. The summed E-state index contributed by atoms with van der Waals surface area (Å²) in [5.74, 6) is -0.559. The van der Waals surface area contributed by atoms with Gasteiger partial charge >= 0.3 is 12.2 Å². The first-order chi connectivity index (χ1) is 33.5. The molecule has 2 aromatic carbocycles. The second kappa shape index (κ2) is 25.9. The third-order valence-electron chi connectivity index (χ3n) is 9.54. The second-order valence-electron chi connectivity index (χ2n) is 21.2. The number of benzene rings is 2. The Morgan fingerprint density at radius 3 is 1.36 bits per heavy atom. The third kappa shape index (κ3) is 20.8. The Bertz CT molecular complexity index is 2800. The van der Waals surface area contributed by atoms with Crippen LogP contribution < -0.4 is 30.3 Å². The number of piperazine rings is 2. The molecule has 4 heterocycles. The van der Waals surface area contributed by atoms with Gasteiger partial charge in [0, 0.05) is 112 Å². The van der Waals surface area contributed by atoms with Crippen LogP contribution in [0.25, 0.3) is 20.9 Å². The molecule has 0 unspecified atom stereocenters. The highest BCUT2D eigenvalue weighted by Crippen LogP contribution is 2.38. The van der Waals surface area contributed by atoms with E-state index in [1.165, 1.54) is 48.7 Å². The number of hydrogen-bond acceptors (Lipinski definition) is 16. The lowest BCUT2D eigenvalue weighted by molar-refractivity contribution is -0.115. The van der Waals surface area contributed by atoms with Crippen LogP contribution in [-0.4, -0.2) is 135 Å². The van der Waals surface area contributed by atoms with E-state index in [0.717, 1.165) is 31.3 Å². The minimum Gasteiger partial charge on any atom is -0.444 e. The van der Waals surface area contributed by atoms with E-state index in [-0.39, 0.29) is 46.8 Å². The highest BCUT2D eigenvalue weighted by atomic mass is 79.9. The van der Waals surface area contributed by atoms with Gasteiger partial charge in [0.05, 0.1) is 19.5 Å². The maximum atomic E-state index is 13.3. The molecule has 0 aliphatic carbocycles. The van der Waals surface area contributed by atoms with E-state index < -0.39 is 36.7 Å². The number of anilines is 3. The van der Waals surface area contributed by atoms with Gasteiger partial charge in [-0.3, -0.25) is 9.59 Å². The van der Waals surface area contributed by atoms with Crippen molar-refractivity contribution in [1.82, 2.24) is 34.5 Å². The normalized spacial score (nSPS) is 14.6. The highest BCUT2D eigenvalue weighted by Gasteiger charge is 2.31. The molecular weight excluding hydrogens is 1100 g/mol. The number of carbonyl (C=O) groups is 4. The molecule has 2 aromatic heterocycles. The van der Waals surface area contributed by atoms with Gasteiger partial charge in [-0.2, -0.15) is 0 Å². The molecule has 4 aromatic rings. The van der Waals surface area contributed by atoms with E-state index in [2.05, 4.69) is 56.2 Å². The SMILES string of the molecule is C.CC(=O)Nc1ccc(-c2cnc(Br)s2)c(S(=O)(=O)NC(C)(C)C)c1.CC(=O)Nc1ccc(-c2cnc(N3CCN(C(=O)OC(C)(C)C)CC3)s2)c(S(=O)(=O)NC(C)(C)C)c1.CC(C)(C)OC(=O)N1CCNCC1. The largest absolute Gasteiger partial charge is 0.444 e. The Balaban J connectivity index is 0.000000325. The minimum atomic E-state index is -3.90. The van der Waals surface area contributed by atoms with Gasteiger partial charge in [-0.25, -0.2) is 45.8 Å². The molecule has 2 fully saturated rings. The average Bonchev–Trinajstić information content (AvgIpc) is 3.91. The highest BCUT2D eigenvalue weighted by molar-refractivity contribution is 9.11. The fourth-order valence-electron chi connectivity index (χ4n) is 6.87. The molecule has 0 spiro atoms. The quantitative estimate of drug-likeness (QED) is 0.105. The van der Waals surface area contributed by atoms with Gasteiger partial charge in [0.2, 0.25) is 31.9 Å². The number of aromatic nitrogens is 2. The summed E-state index contributed by atoms with van der Waals surface area (Å²) in [4.78, 5) is 62.4. The lowest BCUT2D eigenvalue weighted by Crippen LogP contribution is -2.50. The van der Waals surface area contributed by atoms with Gasteiger partial charge in [0.1, 0.15) is 11.2 Å². The van der Waals surface area contributed by atoms with Crippen LogP contribution in [0.1, 0.15) is 104 Å². The predicted octanol–water partition coefficient (Wildman–Crippen LogP) is 8.97.